The maximum absolute atomic E-state index is 11.7. The third-order valence-corrected chi connectivity index (χ3v) is 4.06. The highest BCUT2D eigenvalue weighted by molar-refractivity contribution is 7.99. The minimum atomic E-state index is -0.263. The fourth-order valence-corrected chi connectivity index (χ4v) is 2.88. The number of benzene rings is 1. The fourth-order valence-electron chi connectivity index (χ4n) is 2.09. The Labute approximate surface area is 118 Å². The molecule has 0 saturated carbocycles. The summed E-state index contributed by atoms with van der Waals surface area (Å²) in [6, 6.07) is 10.2. The second-order valence-corrected chi connectivity index (χ2v) is 5.86. The van der Waals surface area contributed by atoms with Gasteiger partial charge in [-0.05, 0) is 18.6 Å². The standard InChI is InChI=1S/C14H20N2O2S/c17-12-6-8-16(10-12)11-14(18)15-7-9-19-13-4-2-1-3-5-13/h1-5,12,17H,6-11H2,(H,15,18). The van der Waals surface area contributed by atoms with Gasteiger partial charge in [-0.1, -0.05) is 18.2 Å². The Bertz CT molecular complexity index is 400. The van der Waals surface area contributed by atoms with Gasteiger partial charge < -0.3 is 10.4 Å². The van der Waals surface area contributed by atoms with Crippen LogP contribution in [-0.2, 0) is 4.79 Å². The van der Waals surface area contributed by atoms with Crippen molar-refractivity contribution in [2.45, 2.75) is 17.4 Å². The van der Waals surface area contributed by atoms with Gasteiger partial charge in [-0.3, -0.25) is 9.69 Å². The smallest absolute Gasteiger partial charge is 0.234 e. The number of hydrogen-bond donors (Lipinski definition) is 2. The van der Waals surface area contributed by atoms with E-state index in [2.05, 4.69) is 17.4 Å². The number of aliphatic hydroxyl groups is 1. The quantitative estimate of drug-likeness (QED) is 0.602. The number of nitrogens with zero attached hydrogens (tertiary/aromatic N) is 1. The van der Waals surface area contributed by atoms with Crippen molar-refractivity contribution >= 4 is 17.7 Å². The molecule has 1 aromatic carbocycles. The lowest BCUT2D eigenvalue weighted by Gasteiger charge is -2.14. The molecule has 4 nitrogen and oxygen atoms in total. The number of likely N-dealkylation sites (tertiary alicyclic amines) is 1. The number of hydrogen-bond acceptors (Lipinski definition) is 4. The van der Waals surface area contributed by atoms with Crippen molar-refractivity contribution in [3.05, 3.63) is 30.3 Å². The zero-order valence-electron chi connectivity index (χ0n) is 10.9. The van der Waals surface area contributed by atoms with Gasteiger partial charge in [0.25, 0.3) is 0 Å². The van der Waals surface area contributed by atoms with E-state index in [1.165, 1.54) is 4.90 Å². The number of rotatable bonds is 6. The van der Waals surface area contributed by atoms with E-state index in [0.717, 1.165) is 18.7 Å². The average Bonchev–Trinajstić information content (AvgIpc) is 2.81. The van der Waals surface area contributed by atoms with Gasteiger partial charge in [0.05, 0.1) is 12.6 Å². The van der Waals surface area contributed by atoms with E-state index < -0.39 is 0 Å². The Morgan fingerprint density at radius 3 is 2.89 bits per heavy atom. The molecule has 2 N–H and O–H groups in total. The van der Waals surface area contributed by atoms with Gasteiger partial charge in [-0.2, -0.15) is 0 Å². The molecule has 0 spiro atoms. The molecule has 1 aliphatic heterocycles. The van der Waals surface area contributed by atoms with Crippen molar-refractivity contribution in [1.82, 2.24) is 10.2 Å². The maximum atomic E-state index is 11.7. The summed E-state index contributed by atoms with van der Waals surface area (Å²) < 4.78 is 0. The van der Waals surface area contributed by atoms with Crippen molar-refractivity contribution < 1.29 is 9.90 Å². The molecular weight excluding hydrogens is 260 g/mol. The third-order valence-electron chi connectivity index (χ3n) is 3.05. The molecule has 0 aliphatic carbocycles. The minimum absolute atomic E-state index is 0.0442. The number of carbonyl (C=O) groups is 1. The molecule has 0 bridgehead atoms. The topological polar surface area (TPSA) is 52.6 Å². The monoisotopic (exact) mass is 280 g/mol. The molecule has 1 aliphatic rings. The van der Waals surface area contributed by atoms with Crippen molar-refractivity contribution in [3.8, 4) is 0 Å². The van der Waals surface area contributed by atoms with Crippen molar-refractivity contribution in [1.29, 1.82) is 0 Å². The van der Waals surface area contributed by atoms with Gasteiger partial charge in [-0.25, -0.2) is 0 Å². The van der Waals surface area contributed by atoms with E-state index in [-0.39, 0.29) is 12.0 Å². The molecular formula is C14H20N2O2S. The minimum Gasteiger partial charge on any atom is -0.392 e. The largest absolute Gasteiger partial charge is 0.392 e. The Morgan fingerprint density at radius 1 is 1.42 bits per heavy atom. The number of β-amino-alcohol motifs (C(OH)–C–C–N with tert-alkyl or cyclic N) is 1. The molecule has 1 aromatic rings. The molecule has 1 saturated heterocycles. The van der Waals surface area contributed by atoms with Crippen LogP contribution in [0.5, 0.6) is 0 Å². The average molecular weight is 280 g/mol. The Morgan fingerprint density at radius 2 is 2.21 bits per heavy atom. The Balaban J connectivity index is 1.57. The normalized spacial score (nSPS) is 19.5. The number of nitrogens with one attached hydrogen (secondary N) is 1. The van der Waals surface area contributed by atoms with Crippen LogP contribution < -0.4 is 5.32 Å². The predicted octanol–water partition coefficient (Wildman–Crippen LogP) is 0.961. The Hall–Kier alpha value is -1.04. The summed E-state index contributed by atoms with van der Waals surface area (Å²) in [5.74, 6) is 0.918. The summed E-state index contributed by atoms with van der Waals surface area (Å²) in [7, 11) is 0. The summed E-state index contributed by atoms with van der Waals surface area (Å²) in [5, 5.41) is 12.3. The first-order valence-corrected chi connectivity index (χ1v) is 7.57. The molecule has 1 amide bonds. The second-order valence-electron chi connectivity index (χ2n) is 4.69. The zero-order chi connectivity index (χ0) is 13.5. The van der Waals surface area contributed by atoms with Crippen LogP contribution in [-0.4, -0.2) is 53.9 Å². The number of carbonyl (C=O) groups excluding carboxylic acids is 1. The lowest BCUT2D eigenvalue weighted by Crippen LogP contribution is -2.37. The molecule has 1 heterocycles. The highest BCUT2D eigenvalue weighted by Gasteiger charge is 2.21. The molecule has 1 unspecified atom stereocenters. The molecule has 5 heteroatoms. The van der Waals surface area contributed by atoms with E-state index in [1.807, 2.05) is 23.1 Å². The summed E-state index contributed by atoms with van der Waals surface area (Å²) in [6.45, 7) is 2.50. The molecule has 19 heavy (non-hydrogen) atoms. The van der Waals surface area contributed by atoms with Gasteiger partial charge in [0.1, 0.15) is 0 Å². The summed E-state index contributed by atoms with van der Waals surface area (Å²) >= 11 is 1.74. The van der Waals surface area contributed by atoms with Crippen molar-refractivity contribution in [2.24, 2.45) is 0 Å². The lowest BCUT2D eigenvalue weighted by molar-refractivity contribution is -0.121. The number of thioether (sulfide) groups is 1. The molecule has 0 aromatic heterocycles. The van der Waals surface area contributed by atoms with Gasteiger partial charge >= 0.3 is 0 Å². The van der Waals surface area contributed by atoms with Gasteiger partial charge in [0, 0.05) is 30.3 Å². The maximum Gasteiger partial charge on any atom is 0.234 e. The molecule has 104 valence electrons. The van der Waals surface area contributed by atoms with E-state index in [9.17, 15) is 9.90 Å². The van der Waals surface area contributed by atoms with E-state index >= 15 is 0 Å². The Kier molecular flexibility index (Phi) is 5.69. The van der Waals surface area contributed by atoms with Crippen LogP contribution >= 0.6 is 11.8 Å². The highest BCUT2D eigenvalue weighted by Crippen LogP contribution is 2.15. The van der Waals surface area contributed by atoms with Crippen LogP contribution in [0.3, 0.4) is 0 Å². The number of amides is 1. The highest BCUT2D eigenvalue weighted by atomic mass is 32.2. The van der Waals surface area contributed by atoms with Crippen molar-refractivity contribution in [3.63, 3.8) is 0 Å². The van der Waals surface area contributed by atoms with Crippen LogP contribution in [0.2, 0.25) is 0 Å². The second kappa shape index (κ2) is 7.53. The number of aliphatic hydroxyl groups excluding tert-OH is 1. The van der Waals surface area contributed by atoms with Gasteiger partial charge in [0.2, 0.25) is 5.91 Å². The van der Waals surface area contributed by atoms with Crippen LogP contribution in [0.15, 0.2) is 35.2 Å². The van der Waals surface area contributed by atoms with Gasteiger partial charge in [-0.15, -0.1) is 11.8 Å². The van der Waals surface area contributed by atoms with E-state index in [1.54, 1.807) is 11.8 Å². The molecule has 1 fully saturated rings. The third kappa shape index (κ3) is 5.22. The molecule has 0 radical (unpaired) electrons. The van der Waals surface area contributed by atoms with Crippen LogP contribution in [0.4, 0.5) is 0 Å². The summed E-state index contributed by atoms with van der Waals surface area (Å²) in [4.78, 5) is 14.9. The van der Waals surface area contributed by atoms with Crippen LogP contribution in [0, 0.1) is 0 Å². The first kappa shape index (κ1) is 14.4. The zero-order valence-corrected chi connectivity index (χ0v) is 11.7. The SMILES string of the molecule is O=C(CN1CCC(O)C1)NCCSc1ccccc1. The first-order chi connectivity index (χ1) is 9.24. The predicted molar refractivity (Wildman–Crippen MR) is 77.2 cm³/mol. The first-order valence-electron chi connectivity index (χ1n) is 6.59. The summed E-state index contributed by atoms with van der Waals surface area (Å²) in [5.41, 5.74) is 0. The van der Waals surface area contributed by atoms with Crippen LogP contribution in [0.25, 0.3) is 0 Å². The summed E-state index contributed by atoms with van der Waals surface area (Å²) in [6.07, 6.45) is 0.512. The molecule has 1 atom stereocenters. The van der Waals surface area contributed by atoms with E-state index in [0.29, 0.717) is 19.6 Å². The molecule has 2 rings (SSSR count). The van der Waals surface area contributed by atoms with Crippen molar-refractivity contribution in [2.75, 3.05) is 31.9 Å². The van der Waals surface area contributed by atoms with Crippen LogP contribution in [0.1, 0.15) is 6.42 Å². The van der Waals surface area contributed by atoms with Gasteiger partial charge in [0.15, 0.2) is 0 Å². The van der Waals surface area contributed by atoms with E-state index in [4.69, 9.17) is 0 Å². The lowest BCUT2D eigenvalue weighted by atomic mass is 10.3. The fraction of sp³-hybridized carbons (Fsp3) is 0.500.